The molecular formula is C48H56FN7O9. The lowest BCUT2D eigenvalue weighted by Crippen LogP contribution is -2.44. The van der Waals surface area contributed by atoms with E-state index in [1.807, 2.05) is 30.0 Å². The van der Waals surface area contributed by atoms with Crippen LogP contribution in [0.1, 0.15) is 98.7 Å². The molecule has 2 aromatic carbocycles. The number of fused-ring (bicyclic) bond motifs is 2. The number of ether oxygens (including phenoxy) is 3. The van der Waals surface area contributed by atoms with Crippen molar-refractivity contribution in [3.63, 3.8) is 0 Å². The van der Waals surface area contributed by atoms with Crippen molar-refractivity contribution >= 4 is 51.3 Å². The van der Waals surface area contributed by atoms with Crippen LogP contribution in [0.5, 0.6) is 11.6 Å². The molecule has 4 aromatic rings. The highest BCUT2D eigenvalue weighted by Crippen LogP contribution is 2.35. The van der Waals surface area contributed by atoms with E-state index in [9.17, 15) is 33.2 Å². The largest absolute Gasteiger partial charge is 0.496 e. The van der Waals surface area contributed by atoms with Crippen molar-refractivity contribution in [2.75, 3.05) is 33.4 Å². The summed E-state index contributed by atoms with van der Waals surface area (Å²) in [7, 11) is 3.12. The van der Waals surface area contributed by atoms with E-state index in [0.717, 1.165) is 62.4 Å². The first-order chi connectivity index (χ1) is 31.3. The summed E-state index contributed by atoms with van der Waals surface area (Å²) in [5.74, 6) is 4.70. The van der Waals surface area contributed by atoms with Crippen molar-refractivity contribution in [1.29, 1.82) is 0 Å². The van der Waals surface area contributed by atoms with E-state index in [1.165, 1.54) is 11.7 Å². The van der Waals surface area contributed by atoms with Crippen LogP contribution in [-0.4, -0.2) is 100 Å². The van der Waals surface area contributed by atoms with Crippen LogP contribution in [0, 0.1) is 29.6 Å². The number of primary amides is 1. The summed E-state index contributed by atoms with van der Waals surface area (Å²) in [6.45, 7) is 3.71. The predicted octanol–water partition coefficient (Wildman–Crippen LogP) is 4.01. The highest BCUT2D eigenvalue weighted by molar-refractivity contribution is 6.03. The van der Waals surface area contributed by atoms with Crippen molar-refractivity contribution < 1.29 is 42.6 Å². The molecule has 0 bridgehead atoms. The first-order valence-corrected chi connectivity index (χ1v) is 22.7. The molecule has 4 aliphatic rings. The second-order valence-corrected chi connectivity index (χ2v) is 17.7. The number of likely N-dealkylation sites (tertiary alicyclic amines) is 1. The van der Waals surface area contributed by atoms with Crippen LogP contribution >= 0.6 is 0 Å². The summed E-state index contributed by atoms with van der Waals surface area (Å²) in [6.07, 6.45) is 7.11. The zero-order valence-electron chi connectivity index (χ0n) is 37.0. The summed E-state index contributed by atoms with van der Waals surface area (Å²) in [6, 6.07) is 7.82. The maximum Gasteiger partial charge on any atom is 0.329 e. The quantitative estimate of drug-likeness (QED) is 0.0999. The molecule has 4 N–H and O–H groups in total. The normalized spacial score (nSPS) is 23.8. The Balaban J connectivity index is 0.812. The van der Waals surface area contributed by atoms with Gasteiger partial charge in [0.05, 0.1) is 41.4 Å². The molecule has 4 fully saturated rings. The number of nitrogens with zero attached hydrogens (tertiary/aromatic N) is 4. The second-order valence-electron chi connectivity index (χ2n) is 17.7. The topological polar surface area (TPSA) is 206 Å². The third-order valence-electron chi connectivity index (χ3n) is 13.7. The fourth-order valence-electron chi connectivity index (χ4n) is 9.90. The van der Waals surface area contributed by atoms with E-state index in [1.54, 1.807) is 29.9 Å². The number of hydrogen-bond acceptors (Lipinski definition) is 10. The lowest BCUT2D eigenvalue weighted by atomic mass is 9.81. The Kier molecular flexibility index (Phi) is 13.6. The van der Waals surface area contributed by atoms with E-state index in [-0.39, 0.29) is 65.7 Å². The van der Waals surface area contributed by atoms with E-state index in [4.69, 9.17) is 19.9 Å². The fraction of sp³-hybridized carbons (Fsp3) is 0.521. The Hall–Kier alpha value is -6.28. The number of nitrogens with one attached hydrogen (secondary N) is 2. The van der Waals surface area contributed by atoms with Gasteiger partial charge in [-0.05, 0) is 94.0 Å². The standard InChI is InChI=1S/C48H56FN7O9/c1-4-32-36(52-45(60)42(32)49)26-65-46-34-24-40(63-3)35(43(50)58)23-33(34)30(25-51-46)13-9-27-7-11-29(12-8-27)47(61)55-19-17-31(18-20-55)64-21-5-6-28-10-14-37-39(22-28)54(2)48(62)56(37)38-15-16-41(57)53-44(38)59/h10,14,22-25,27,29,31-32,36,38,42H,4-8,11-12,15-21,26H2,1-3H3,(H2,50,58)(H,52,60)(H,53,57,59)/t27-,29-,32-,36+,38?,42-/m0/s1. The van der Waals surface area contributed by atoms with Gasteiger partial charge in [-0.2, -0.15) is 0 Å². The first kappa shape index (κ1) is 45.3. The Morgan fingerprint density at radius 3 is 2.45 bits per heavy atom. The number of alkyl halides is 1. The fourth-order valence-corrected chi connectivity index (χ4v) is 9.90. The monoisotopic (exact) mass is 893 g/mol. The van der Waals surface area contributed by atoms with Gasteiger partial charge in [0, 0.05) is 67.9 Å². The van der Waals surface area contributed by atoms with E-state index in [0.29, 0.717) is 54.4 Å². The molecule has 0 radical (unpaired) electrons. The summed E-state index contributed by atoms with van der Waals surface area (Å²) in [5, 5.41) is 6.13. The van der Waals surface area contributed by atoms with Crippen LogP contribution < -0.4 is 31.5 Å². The van der Waals surface area contributed by atoms with Crippen molar-refractivity contribution in [1.82, 2.24) is 29.7 Å². The molecule has 344 valence electrons. The van der Waals surface area contributed by atoms with Gasteiger partial charge >= 0.3 is 5.69 Å². The molecule has 3 saturated heterocycles. The molecule has 17 heteroatoms. The summed E-state index contributed by atoms with van der Waals surface area (Å²) in [5.41, 5.74) is 8.61. The molecule has 0 spiro atoms. The molecule has 4 atom stereocenters. The van der Waals surface area contributed by atoms with Crippen molar-refractivity contribution in [2.45, 2.75) is 102 Å². The molecule has 5 heterocycles. The number of hydrogen-bond donors (Lipinski definition) is 3. The van der Waals surface area contributed by atoms with Crippen molar-refractivity contribution in [2.24, 2.45) is 30.5 Å². The number of carbonyl (C=O) groups excluding carboxylic acids is 5. The van der Waals surface area contributed by atoms with Gasteiger partial charge in [-0.25, -0.2) is 14.2 Å². The molecule has 3 aliphatic heterocycles. The van der Waals surface area contributed by atoms with Gasteiger partial charge in [-0.1, -0.05) is 24.8 Å². The van der Waals surface area contributed by atoms with Gasteiger partial charge < -0.3 is 30.2 Å². The van der Waals surface area contributed by atoms with E-state index >= 15 is 0 Å². The minimum absolute atomic E-state index is 0.00581. The van der Waals surface area contributed by atoms with Gasteiger partial charge in [0.15, 0.2) is 6.17 Å². The smallest absolute Gasteiger partial charge is 0.329 e. The second kappa shape index (κ2) is 19.4. The summed E-state index contributed by atoms with van der Waals surface area (Å²) >= 11 is 0. The predicted molar refractivity (Wildman–Crippen MR) is 238 cm³/mol. The Bertz CT molecular complexity index is 2630. The number of imide groups is 1. The number of rotatable bonds is 13. The molecule has 65 heavy (non-hydrogen) atoms. The minimum atomic E-state index is -1.60. The number of piperidine rings is 2. The lowest BCUT2D eigenvalue weighted by molar-refractivity contribution is -0.139. The highest BCUT2D eigenvalue weighted by atomic mass is 19.1. The number of pyridine rings is 1. The number of nitrogens with two attached hydrogens (primary N) is 1. The Morgan fingerprint density at radius 1 is 0.969 bits per heavy atom. The van der Waals surface area contributed by atoms with Gasteiger partial charge in [0.25, 0.3) is 11.8 Å². The molecule has 2 aromatic heterocycles. The number of aromatic nitrogens is 3. The number of halogens is 1. The van der Waals surface area contributed by atoms with Gasteiger partial charge in [-0.15, -0.1) is 0 Å². The van der Waals surface area contributed by atoms with Crippen molar-refractivity contribution in [3.8, 4) is 23.5 Å². The number of carbonyl (C=O) groups is 5. The van der Waals surface area contributed by atoms with Crippen LogP contribution in [0.4, 0.5) is 4.39 Å². The van der Waals surface area contributed by atoms with E-state index < -0.39 is 41.9 Å². The third kappa shape index (κ3) is 9.45. The molecule has 5 amide bonds. The van der Waals surface area contributed by atoms with Crippen LogP contribution in [0.3, 0.4) is 0 Å². The summed E-state index contributed by atoms with van der Waals surface area (Å²) < 4.78 is 35.3. The lowest BCUT2D eigenvalue weighted by Gasteiger charge is -2.35. The number of aryl methyl sites for hydroxylation is 2. The average Bonchev–Trinajstić information content (AvgIpc) is 3.73. The Labute approximate surface area is 375 Å². The van der Waals surface area contributed by atoms with E-state index in [2.05, 4.69) is 27.5 Å². The van der Waals surface area contributed by atoms with Crippen LogP contribution in [-0.2, 0) is 37.4 Å². The first-order valence-electron chi connectivity index (χ1n) is 22.7. The third-order valence-corrected chi connectivity index (χ3v) is 13.7. The number of methoxy groups -OCH3 is 1. The number of imidazole rings is 1. The zero-order valence-corrected chi connectivity index (χ0v) is 37.0. The average molecular weight is 894 g/mol. The van der Waals surface area contributed by atoms with Gasteiger partial charge in [-0.3, -0.25) is 38.4 Å². The van der Waals surface area contributed by atoms with Gasteiger partial charge in [0.2, 0.25) is 23.6 Å². The SMILES string of the molecule is CC[C@@H]1[C@H](F)C(=O)N[C@@H]1COc1ncc(C#C[C@H]2CC[C@H](C(=O)N3CCC(OCCCc4ccc5c(c4)n(C)c(=O)n5C4CCC(=O)NC4=O)CC3)CC2)c2cc(C(N)=O)c(OC)cc12. The Morgan fingerprint density at radius 2 is 1.74 bits per heavy atom. The number of benzene rings is 2. The molecule has 1 unspecified atom stereocenters. The highest BCUT2D eigenvalue weighted by Gasteiger charge is 2.42. The summed E-state index contributed by atoms with van der Waals surface area (Å²) in [4.78, 5) is 81.9. The molecule has 1 saturated carbocycles. The maximum atomic E-state index is 14.4. The van der Waals surface area contributed by atoms with Crippen LogP contribution in [0.25, 0.3) is 21.8 Å². The minimum Gasteiger partial charge on any atom is -0.496 e. The maximum absolute atomic E-state index is 14.4. The molecular weight excluding hydrogens is 838 g/mol. The zero-order chi connectivity index (χ0) is 45.9. The molecule has 8 rings (SSSR count). The molecule has 1 aliphatic carbocycles. The van der Waals surface area contributed by atoms with Crippen LogP contribution in [0.2, 0.25) is 0 Å². The van der Waals surface area contributed by atoms with Crippen molar-refractivity contribution in [3.05, 3.63) is 63.7 Å². The molecule has 16 nitrogen and oxygen atoms in total. The van der Waals surface area contributed by atoms with Crippen LogP contribution in [0.15, 0.2) is 41.3 Å². The number of amides is 5. The van der Waals surface area contributed by atoms with Gasteiger partial charge in [0.1, 0.15) is 18.4 Å².